The van der Waals surface area contributed by atoms with Crippen LogP contribution in [0.3, 0.4) is 0 Å². The molecule has 0 atom stereocenters. The van der Waals surface area contributed by atoms with Crippen molar-refractivity contribution in [2.24, 2.45) is 0 Å². The molecule has 2 rings (SSSR count). The van der Waals surface area contributed by atoms with Crippen LogP contribution in [0.4, 0.5) is 5.69 Å². The molecule has 5 heteroatoms. The van der Waals surface area contributed by atoms with Crippen molar-refractivity contribution >= 4 is 23.1 Å². The summed E-state index contributed by atoms with van der Waals surface area (Å²) in [6.45, 7) is 0. The van der Waals surface area contributed by atoms with Crippen LogP contribution < -0.4 is 5.32 Å². The van der Waals surface area contributed by atoms with E-state index in [1.165, 1.54) is 0 Å². The van der Waals surface area contributed by atoms with Crippen molar-refractivity contribution in [3.05, 3.63) is 35.6 Å². The zero-order valence-electron chi connectivity index (χ0n) is 8.23. The Balaban J connectivity index is 2.50. The number of fused-ring (bicyclic) bond motifs is 1. The molecule has 1 aliphatic rings. The standard InChI is InChI=1S/C11H9NO4/c13-8(5-9(14)15)10-6-3-1-2-4-7(6)12-11(10)16/h1-4,13H,5H2,(H,12,16)(H,14,15). The molecule has 0 aromatic heterocycles. The highest BCUT2D eigenvalue weighted by Gasteiger charge is 2.27. The maximum absolute atomic E-state index is 11.5. The molecule has 1 amide bonds. The van der Waals surface area contributed by atoms with E-state index in [4.69, 9.17) is 5.11 Å². The number of amides is 1. The molecule has 5 nitrogen and oxygen atoms in total. The van der Waals surface area contributed by atoms with E-state index in [0.29, 0.717) is 11.3 Å². The average molecular weight is 219 g/mol. The van der Waals surface area contributed by atoms with Gasteiger partial charge in [0.25, 0.3) is 5.91 Å². The van der Waals surface area contributed by atoms with Crippen molar-refractivity contribution in [2.45, 2.75) is 6.42 Å². The first-order valence-electron chi connectivity index (χ1n) is 4.64. The minimum atomic E-state index is -1.18. The topological polar surface area (TPSA) is 86.6 Å². The molecule has 0 saturated carbocycles. The number of hydrogen-bond donors (Lipinski definition) is 3. The molecule has 1 aromatic rings. The van der Waals surface area contributed by atoms with Gasteiger partial charge in [-0.15, -0.1) is 0 Å². The number of rotatable bonds is 2. The van der Waals surface area contributed by atoms with Gasteiger partial charge in [0.2, 0.25) is 0 Å². The normalized spacial score (nSPS) is 16.6. The highest BCUT2D eigenvalue weighted by molar-refractivity contribution is 6.32. The summed E-state index contributed by atoms with van der Waals surface area (Å²) in [4.78, 5) is 22.0. The Morgan fingerprint density at radius 3 is 2.62 bits per heavy atom. The van der Waals surface area contributed by atoms with Gasteiger partial charge in [-0.3, -0.25) is 9.59 Å². The van der Waals surface area contributed by atoms with Gasteiger partial charge in [-0.25, -0.2) is 0 Å². The summed E-state index contributed by atoms with van der Waals surface area (Å²) in [5.74, 6) is -2.07. The van der Waals surface area contributed by atoms with E-state index >= 15 is 0 Å². The Kier molecular flexibility index (Phi) is 2.36. The van der Waals surface area contributed by atoms with Gasteiger partial charge in [-0.05, 0) is 6.07 Å². The third kappa shape index (κ3) is 1.63. The summed E-state index contributed by atoms with van der Waals surface area (Å²) in [7, 11) is 0. The molecule has 82 valence electrons. The molecule has 0 bridgehead atoms. The molecule has 0 radical (unpaired) electrons. The number of aliphatic hydroxyl groups excluding tert-OH is 1. The molecule has 1 aliphatic heterocycles. The Labute approximate surface area is 91.0 Å². The number of carbonyl (C=O) groups excluding carboxylic acids is 1. The van der Waals surface area contributed by atoms with Crippen molar-refractivity contribution in [1.29, 1.82) is 0 Å². The van der Waals surface area contributed by atoms with E-state index in [9.17, 15) is 14.7 Å². The smallest absolute Gasteiger partial charge is 0.311 e. The lowest BCUT2D eigenvalue weighted by Crippen LogP contribution is -2.08. The van der Waals surface area contributed by atoms with E-state index in [-0.39, 0.29) is 5.57 Å². The molecule has 16 heavy (non-hydrogen) atoms. The summed E-state index contributed by atoms with van der Waals surface area (Å²) in [6, 6.07) is 6.80. The van der Waals surface area contributed by atoms with Gasteiger partial charge in [0, 0.05) is 11.3 Å². The van der Waals surface area contributed by atoms with Gasteiger partial charge < -0.3 is 15.5 Å². The molecule has 1 aromatic carbocycles. The number of benzene rings is 1. The summed E-state index contributed by atoms with van der Waals surface area (Å²) in [6.07, 6.45) is -0.558. The van der Waals surface area contributed by atoms with Crippen LogP contribution in [0.15, 0.2) is 30.0 Å². The molecular weight excluding hydrogens is 210 g/mol. The fraction of sp³-hybridized carbons (Fsp3) is 0.0909. The van der Waals surface area contributed by atoms with Crippen molar-refractivity contribution in [3.8, 4) is 0 Å². The molecule has 0 spiro atoms. The largest absolute Gasteiger partial charge is 0.511 e. The van der Waals surface area contributed by atoms with Crippen LogP contribution in [0.25, 0.3) is 5.57 Å². The molecule has 1 heterocycles. The summed E-state index contributed by atoms with van der Waals surface area (Å²) < 4.78 is 0. The number of carboxylic acids is 1. The highest BCUT2D eigenvalue weighted by atomic mass is 16.4. The van der Waals surface area contributed by atoms with Crippen LogP contribution in [0, 0.1) is 0 Å². The minimum absolute atomic E-state index is 0.0398. The number of aliphatic hydroxyl groups is 1. The quantitative estimate of drug-likeness (QED) is 0.518. The molecule has 0 unspecified atom stereocenters. The molecule has 0 aliphatic carbocycles. The molecular formula is C11H9NO4. The van der Waals surface area contributed by atoms with E-state index < -0.39 is 24.1 Å². The van der Waals surface area contributed by atoms with Crippen LogP contribution >= 0.6 is 0 Å². The van der Waals surface area contributed by atoms with Gasteiger partial charge >= 0.3 is 5.97 Å². The van der Waals surface area contributed by atoms with Crippen molar-refractivity contribution < 1.29 is 19.8 Å². The number of carbonyl (C=O) groups is 2. The Morgan fingerprint density at radius 2 is 1.94 bits per heavy atom. The Bertz CT molecular complexity index is 504. The van der Waals surface area contributed by atoms with E-state index in [2.05, 4.69) is 5.32 Å². The van der Waals surface area contributed by atoms with Crippen LogP contribution in [0.5, 0.6) is 0 Å². The molecule has 0 saturated heterocycles. The van der Waals surface area contributed by atoms with E-state index in [1.807, 2.05) is 0 Å². The van der Waals surface area contributed by atoms with Crippen LogP contribution in [0.1, 0.15) is 12.0 Å². The summed E-state index contributed by atoms with van der Waals surface area (Å²) in [5.41, 5.74) is 1.16. The lowest BCUT2D eigenvalue weighted by atomic mass is 10.0. The first-order chi connectivity index (χ1) is 7.59. The SMILES string of the molecule is O=C(O)CC(O)=C1C(=O)Nc2ccccc21. The van der Waals surface area contributed by atoms with Gasteiger partial charge in [-0.2, -0.15) is 0 Å². The van der Waals surface area contributed by atoms with Gasteiger partial charge in [0.05, 0.1) is 5.57 Å². The minimum Gasteiger partial charge on any atom is -0.511 e. The first-order valence-corrected chi connectivity index (χ1v) is 4.64. The monoisotopic (exact) mass is 219 g/mol. The predicted molar refractivity (Wildman–Crippen MR) is 56.9 cm³/mol. The van der Waals surface area contributed by atoms with Gasteiger partial charge in [0.1, 0.15) is 12.2 Å². The van der Waals surface area contributed by atoms with Gasteiger partial charge in [-0.1, -0.05) is 18.2 Å². The average Bonchev–Trinajstić information content (AvgIpc) is 2.52. The van der Waals surface area contributed by atoms with Crippen LogP contribution in [0.2, 0.25) is 0 Å². The van der Waals surface area contributed by atoms with Crippen molar-refractivity contribution in [1.82, 2.24) is 0 Å². The number of hydrogen-bond acceptors (Lipinski definition) is 3. The van der Waals surface area contributed by atoms with Crippen molar-refractivity contribution in [3.63, 3.8) is 0 Å². The second kappa shape index (κ2) is 3.69. The lowest BCUT2D eigenvalue weighted by Gasteiger charge is -2.00. The van der Waals surface area contributed by atoms with E-state index in [1.54, 1.807) is 24.3 Å². The number of aliphatic carboxylic acids is 1. The second-order valence-electron chi connectivity index (χ2n) is 3.39. The molecule has 0 fully saturated rings. The third-order valence-corrected chi connectivity index (χ3v) is 2.28. The third-order valence-electron chi connectivity index (χ3n) is 2.28. The Hall–Kier alpha value is -2.30. The fourth-order valence-electron chi connectivity index (χ4n) is 1.64. The Morgan fingerprint density at radius 1 is 1.25 bits per heavy atom. The maximum atomic E-state index is 11.5. The maximum Gasteiger partial charge on any atom is 0.311 e. The zero-order valence-corrected chi connectivity index (χ0v) is 8.23. The molecule has 3 N–H and O–H groups in total. The fourth-order valence-corrected chi connectivity index (χ4v) is 1.64. The number of carboxylic acid groups (broad SMARTS) is 1. The highest BCUT2D eigenvalue weighted by Crippen LogP contribution is 2.33. The summed E-state index contributed by atoms with van der Waals surface area (Å²) in [5, 5.41) is 20.7. The lowest BCUT2D eigenvalue weighted by molar-refractivity contribution is -0.136. The second-order valence-corrected chi connectivity index (χ2v) is 3.39. The van der Waals surface area contributed by atoms with Gasteiger partial charge in [0.15, 0.2) is 0 Å². The first kappa shape index (κ1) is 10.2. The zero-order chi connectivity index (χ0) is 11.7. The van der Waals surface area contributed by atoms with Crippen molar-refractivity contribution in [2.75, 3.05) is 5.32 Å². The number of anilines is 1. The number of para-hydroxylation sites is 1. The van der Waals surface area contributed by atoms with E-state index in [0.717, 1.165) is 0 Å². The predicted octanol–water partition coefficient (Wildman–Crippen LogP) is 1.38. The number of nitrogens with one attached hydrogen (secondary N) is 1. The van der Waals surface area contributed by atoms with Crippen LogP contribution in [-0.4, -0.2) is 22.1 Å². The van der Waals surface area contributed by atoms with Crippen LogP contribution in [-0.2, 0) is 9.59 Å². The summed E-state index contributed by atoms with van der Waals surface area (Å²) >= 11 is 0.